The number of carboxylic acid groups (broad SMARTS) is 1. The first-order valence-corrected chi connectivity index (χ1v) is 2.10. The highest BCUT2D eigenvalue weighted by molar-refractivity contribution is 5.85. The molecule has 4 heteroatoms. The molecule has 0 saturated carbocycles. The predicted octanol–water partition coefficient (Wildman–Crippen LogP) is -0.157. The Morgan fingerprint density at radius 1 is 1.89 bits per heavy atom. The zero-order chi connectivity index (χ0) is 6.57. The summed E-state index contributed by atoms with van der Waals surface area (Å²) in [5.74, 6) is 1.13. The molecule has 52 valence electrons. The molecule has 0 aromatic heterocycles. The molecule has 0 saturated heterocycles. The maximum absolute atomic E-state index is 9.79. The minimum absolute atomic E-state index is 0. The number of hydrogen-bond donors (Lipinski definition) is 2. The van der Waals surface area contributed by atoms with Crippen molar-refractivity contribution in [1.82, 2.24) is 0 Å². The van der Waals surface area contributed by atoms with Crippen LogP contribution in [-0.4, -0.2) is 17.1 Å². The Morgan fingerprint density at radius 3 is 2.44 bits per heavy atom. The summed E-state index contributed by atoms with van der Waals surface area (Å²) in [5, 5.41) is 8.04. The molecule has 9 heavy (non-hydrogen) atoms. The van der Waals surface area contributed by atoms with E-state index in [1.165, 1.54) is 0 Å². The molecule has 0 rings (SSSR count). The molecule has 0 aliphatic heterocycles. The third kappa shape index (κ3) is 7.28. The van der Waals surface area contributed by atoms with E-state index in [4.69, 9.17) is 17.3 Å². The minimum Gasteiger partial charge on any atom is -0.481 e. The van der Waals surface area contributed by atoms with Crippen molar-refractivity contribution in [2.45, 2.75) is 12.5 Å². The van der Waals surface area contributed by atoms with E-state index < -0.39 is 12.0 Å². The summed E-state index contributed by atoms with van der Waals surface area (Å²) < 4.78 is 0. The van der Waals surface area contributed by atoms with Crippen LogP contribution in [0.25, 0.3) is 0 Å². The molecule has 0 aromatic carbocycles. The number of halogens is 1. The van der Waals surface area contributed by atoms with Crippen molar-refractivity contribution in [2.75, 3.05) is 0 Å². The number of carboxylic acids is 1. The second-order valence-corrected chi connectivity index (χ2v) is 1.37. The number of rotatable bonds is 2. The van der Waals surface area contributed by atoms with E-state index in [9.17, 15) is 4.79 Å². The summed E-state index contributed by atoms with van der Waals surface area (Å²) in [5.41, 5.74) is 5.06. The summed E-state index contributed by atoms with van der Waals surface area (Å²) in [6.45, 7) is 0. The first-order chi connectivity index (χ1) is 3.66. The van der Waals surface area contributed by atoms with Crippen LogP contribution < -0.4 is 5.73 Å². The zero-order valence-corrected chi connectivity index (χ0v) is 5.52. The van der Waals surface area contributed by atoms with Gasteiger partial charge in [0.05, 0.1) is 12.5 Å². The van der Waals surface area contributed by atoms with Gasteiger partial charge in [0.15, 0.2) is 0 Å². The van der Waals surface area contributed by atoms with Gasteiger partial charge in [0.25, 0.3) is 0 Å². The van der Waals surface area contributed by atoms with Gasteiger partial charge in [0.2, 0.25) is 0 Å². The molecule has 0 heterocycles. The van der Waals surface area contributed by atoms with Gasteiger partial charge < -0.3 is 10.8 Å². The summed E-state index contributed by atoms with van der Waals surface area (Å²) in [4.78, 5) is 9.79. The van der Waals surface area contributed by atoms with Gasteiger partial charge in [-0.1, -0.05) is 5.92 Å². The Kier molecular flexibility index (Phi) is 6.70. The van der Waals surface area contributed by atoms with Gasteiger partial charge in [-0.3, -0.25) is 4.79 Å². The van der Waals surface area contributed by atoms with E-state index in [1.54, 1.807) is 0 Å². The van der Waals surface area contributed by atoms with Gasteiger partial charge >= 0.3 is 5.97 Å². The van der Waals surface area contributed by atoms with E-state index >= 15 is 0 Å². The largest absolute Gasteiger partial charge is 0.481 e. The molecule has 0 bridgehead atoms. The topological polar surface area (TPSA) is 63.3 Å². The second-order valence-electron chi connectivity index (χ2n) is 1.37. The van der Waals surface area contributed by atoms with Crippen molar-refractivity contribution < 1.29 is 9.90 Å². The van der Waals surface area contributed by atoms with Crippen LogP contribution in [0.2, 0.25) is 0 Å². The van der Waals surface area contributed by atoms with Crippen LogP contribution >= 0.6 is 12.4 Å². The standard InChI is InChI=1S/C5H7NO2.ClH/c1-2-4(6)3-5(7)8;/h1,4H,3,6H2,(H,7,8);1H/t4-;/m1./s1. The number of hydrogen-bond acceptors (Lipinski definition) is 2. The Bertz CT molecular complexity index is 129. The van der Waals surface area contributed by atoms with Gasteiger partial charge in [0, 0.05) is 0 Å². The summed E-state index contributed by atoms with van der Waals surface area (Å²) in [6, 6.07) is -0.646. The Morgan fingerprint density at radius 2 is 2.33 bits per heavy atom. The summed E-state index contributed by atoms with van der Waals surface area (Å²) in [6.07, 6.45) is 4.63. The molecule has 3 nitrogen and oxygen atoms in total. The van der Waals surface area contributed by atoms with Crippen LogP contribution in [0.3, 0.4) is 0 Å². The number of terminal acetylenes is 1. The fourth-order valence-electron chi connectivity index (χ4n) is 0.247. The third-order valence-electron chi connectivity index (χ3n) is 0.609. The van der Waals surface area contributed by atoms with Gasteiger partial charge in [-0.25, -0.2) is 0 Å². The van der Waals surface area contributed by atoms with Gasteiger partial charge in [-0.05, 0) is 0 Å². The zero-order valence-electron chi connectivity index (χ0n) is 4.70. The molecule has 0 aromatic rings. The van der Waals surface area contributed by atoms with Crippen LogP contribution in [0.4, 0.5) is 0 Å². The van der Waals surface area contributed by atoms with E-state index in [1.807, 2.05) is 0 Å². The maximum Gasteiger partial charge on any atom is 0.305 e. The highest BCUT2D eigenvalue weighted by Crippen LogP contribution is 1.82. The highest BCUT2D eigenvalue weighted by atomic mass is 35.5. The van der Waals surface area contributed by atoms with Crippen molar-refractivity contribution in [2.24, 2.45) is 5.73 Å². The average Bonchev–Trinajstić information content (AvgIpc) is 1.65. The molecule has 0 unspecified atom stereocenters. The van der Waals surface area contributed by atoms with Crippen LogP contribution in [0.5, 0.6) is 0 Å². The van der Waals surface area contributed by atoms with E-state index in [-0.39, 0.29) is 18.8 Å². The van der Waals surface area contributed by atoms with E-state index in [0.29, 0.717) is 0 Å². The molecule has 0 amide bonds. The van der Waals surface area contributed by atoms with Crippen molar-refractivity contribution in [3.63, 3.8) is 0 Å². The van der Waals surface area contributed by atoms with Crippen molar-refractivity contribution in [3.8, 4) is 12.3 Å². The second kappa shape index (κ2) is 5.42. The third-order valence-corrected chi connectivity index (χ3v) is 0.609. The lowest BCUT2D eigenvalue weighted by Crippen LogP contribution is -2.20. The highest BCUT2D eigenvalue weighted by Gasteiger charge is 2.01. The number of aliphatic carboxylic acids is 1. The van der Waals surface area contributed by atoms with E-state index in [0.717, 1.165) is 0 Å². The quantitative estimate of drug-likeness (QED) is 0.537. The lowest BCUT2D eigenvalue weighted by molar-refractivity contribution is -0.137. The first-order valence-electron chi connectivity index (χ1n) is 2.10. The molecule has 0 spiro atoms. The lowest BCUT2D eigenvalue weighted by Gasteiger charge is -1.94. The SMILES string of the molecule is C#C[C@@H](N)CC(=O)O.Cl. The smallest absolute Gasteiger partial charge is 0.305 e. The van der Waals surface area contributed by atoms with Gasteiger partial charge in [0.1, 0.15) is 0 Å². The fourth-order valence-corrected chi connectivity index (χ4v) is 0.247. The monoisotopic (exact) mass is 149 g/mol. The van der Waals surface area contributed by atoms with Gasteiger partial charge in [-0.15, -0.1) is 18.8 Å². The first kappa shape index (κ1) is 11.1. The van der Waals surface area contributed by atoms with Crippen LogP contribution in [0.15, 0.2) is 0 Å². The normalized spacial score (nSPS) is 10.7. The lowest BCUT2D eigenvalue weighted by atomic mass is 10.2. The van der Waals surface area contributed by atoms with Gasteiger partial charge in [-0.2, -0.15) is 0 Å². The molecule has 0 aliphatic carbocycles. The molecule has 1 atom stereocenters. The van der Waals surface area contributed by atoms with Crippen molar-refractivity contribution in [3.05, 3.63) is 0 Å². The molecule has 0 fully saturated rings. The molecule has 0 aliphatic rings. The number of carbonyl (C=O) groups is 1. The summed E-state index contributed by atoms with van der Waals surface area (Å²) >= 11 is 0. The molecular formula is C5H8ClNO2. The fraction of sp³-hybridized carbons (Fsp3) is 0.400. The van der Waals surface area contributed by atoms with Crippen molar-refractivity contribution >= 4 is 18.4 Å². The van der Waals surface area contributed by atoms with Crippen LogP contribution in [0, 0.1) is 12.3 Å². The Balaban J connectivity index is 0. The van der Waals surface area contributed by atoms with Crippen molar-refractivity contribution in [1.29, 1.82) is 0 Å². The number of nitrogens with two attached hydrogens (primary N) is 1. The summed E-state index contributed by atoms with van der Waals surface area (Å²) in [7, 11) is 0. The van der Waals surface area contributed by atoms with Crippen LogP contribution in [0.1, 0.15) is 6.42 Å². The van der Waals surface area contributed by atoms with Crippen LogP contribution in [-0.2, 0) is 4.79 Å². The molecule has 0 radical (unpaired) electrons. The van der Waals surface area contributed by atoms with E-state index in [2.05, 4.69) is 5.92 Å². The predicted molar refractivity (Wildman–Crippen MR) is 36.3 cm³/mol. The minimum atomic E-state index is -0.963. The molecule has 3 N–H and O–H groups in total. The Labute approximate surface area is 59.6 Å². The average molecular weight is 150 g/mol. The Hall–Kier alpha value is -0.720. The molecular weight excluding hydrogens is 142 g/mol. The maximum atomic E-state index is 9.79.